The molecule has 1 aliphatic rings. The summed E-state index contributed by atoms with van der Waals surface area (Å²) < 4.78 is 2.52. The Kier molecular flexibility index (Phi) is 12.2. The second-order valence-corrected chi connectivity index (χ2v) is 29.4. The van der Waals surface area contributed by atoms with Crippen LogP contribution in [0.3, 0.4) is 0 Å². The molecule has 3 heteroatoms. The van der Waals surface area contributed by atoms with Crippen LogP contribution in [0.2, 0.25) is 0 Å². The SMILES string of the molecule is c1ccc([Si](c2ccccc2)(c2ccccc2)c2ccc(-c3ccc(C4(c5ccc(-c6ccc([Si](c7ccccc7)(c7ccccc7)c7ccccc7)cc6)cc5)c5ccccc5-n5c6ccccc6c6cccc4c65)cc3)cc2)cc1. The molecule has 82 heavy (non-hydrogen) atoms. The van der Waals surface area contributed by atoms with Crippen molar-refractivity contribution in [2.24, 2.45) is 0 Å². The van der Waals surface area contributed by atoms with Crippen LogP contribution in [0.25, 0.3) is 49.7 Å². The van der Waals surface area contributed by atoms with Gasteiger partial charge < -0.3 is 4.57 Å². The van der Waals surface area contributed by atoms with Gasteiger partial charge in [0.2, 0.25) is 0 Å². The van der Waals surface area contributed by atoms with Gasteiger partial charge in [-0.2, -0.15) is 0 Å². The van der Waals surface area contributed by atoms with Gasteiger partial charge >= 0.3 is 0 Å². The van der Waals surface area contributed by atoms with E-state index >= 15 is 0 Å². The first-order valence-corrected chi connectivity index (χ1v) is 32.6. The molecule has 0 N–H and O–H groups in total. The predicted molar refractivity (Wildman–Crippen MR) is 351 cm³/mol. The van der Waals surface area contributed by atoms with Crippen molar-refractivity contribution in [1.82, 2.24) is 4.57 Å². The number of nitrogens with zero attached hydrogens (tertiary/aromatic N) is 1. The summed E-state index contributed by atoms with van der Waals surface area (Å²) in [5.41, 5.74) is 12.8. The van der Waals surface area contributed by atoms with Crippen LogP contribution in [0, 0.1) is 0 Å². The van der Waals surface area contributed by atoms with Gasteiger partial charge in [-0.25, -0.2) is 0 Å². The van der Waals surface area contributed by atoms with Crippen molar-refractivity contribution < 1.29 is 0 Å². The molecule has 0 unspecified atom stereocenters. The molecular weight excluding hydrogens is 1020 g/mol. The van der Waals surface area contributed by atoms with Crippen molar-refractivity contribution in [3.63, 3.8) is 0 Å². The van der Waals surface area contributed by atoms with Crippen LogP contribution in [-0.4, -0.2) is 20.7 Å². The van der Waals surface area contributed by atoms with Gasteiger partial charge in [0.05, 0.1) is 22.1 Å². The zero-order valence-electron chi connectivity index (χ0n) is 45.4. The van der Waals surface area contributed by atoms with Crippen LogP contribution < -0.4 is 41.5 Å². The first-order chi connectivity index (χ1) is 40.7. The summed E-state index contributed by atoms with van der Waals surface area (Å²) in [6.07, 6.45) is 0. The smallest absolute Gasteiger partial charge is 0.179 e. The van der Waals surface area contributed by atoms with Gasteiger partial charge in [-0.1, -0.05) is 334 Å². The molecule has 0 saturated carbocycles. The Balaban J connectivity index is 0.866. The molecule has 14 aromatic rings. The molecule has 1 nitrogen and oxygen atoms in total. The molecule has 0 radical (unpaired) electrons. The Labute approximate surface area is 482 Å². The molecule has 15 rings (SSSR count). The summed E-state index contributed by atoms with van der Waals surface area (Å²) in [5, 5.41) is 13.5. The zero-order chi connectivity index (χ0) is 54.5. The molecule has 1 aromatic heterocycles. The molecule has 13 aromatic carbocycles. The summed E-state index contributed by atoms with van der Waals surface area (Å²) in [7, 11) is -5.35. The quantitative estimate of drug-likeness (QED) is 0.0849. The van der Waals surface area contributed by atoms with Crippen molar-refractivity contribution in [3.8, 4) is 27.9 Å². The summed E-state index contributed by atoms with van der Waals surface area (Å²) in [6, 6.07) is 130. The van der Waals surface area contributed by atoms with E-state index in [1.165, 1.54) is 113 Å². The van der Waals surface area contributed by atoms with E-state index in [0.717, 1.165) is 0 Å². The van der Waals surface area contributed by atoms with Crippen molar-refractivity contribution in [1.29, 1.82) is 0 Å². The number of benzene rings is 13. The Morgan fingerprint density at radius 2 is 0.512 bits per heavy atom. The molecule has 0 spiro atoms. The van der Waals surface area contributed by atoms with Crippen LogP contribution in [-0.2, 0) is 5.41 Å². The number of fused-ring (bicyclic) bond motifs is 5. The highest BCUT2D eigenvalue weighted by molar-refractivity contribution is 7.20. The summed E-state index contributed by atoms with van der Waals surface area (Å²) in [4.78, 5) is 0. The van der Waals surface area contributed by atoms with Gasteiger partial charge in [-0.15, -0.1) is 0 Å². The molecular formula is C79H57NSi2. The second-order valence-electron chi connectivity index (χ2n) is 21.8. The predicted octanol–water partition coefficient (Wildman–Crippen LogP) is 13.6. The third kappa shape index (κ3) is 7.58. The molecule has 0 amide bonds. The van der Waals surface area contributed by atoms with Crippen LogP contribution in [0.15, 0.2) is 346 Å². The van der Waals surface area contributed by atoms with E-state index < -0.39 is 21.6 Å². The van der Waals surface area contributed by atoms with Gasteiger partial charge in [-0.3, -0.25) is 0 Å². The fourth-order valence-corrected chi connectivity index (χ4v) is 23.8. The highest BCUT2D eigenvalue weighted by Gasteiger charge is 2.46. The Morgan fingerprint density at radius 3 is 0.902 bits per heavy atom. The fraction of sp³-hybridized carbons (Fsp3) is 0.0127. The number of hydrogen-bond donors (Lipinski definition) is 0. The molecule has 386 valence electrons. The number of rotatable bonds is 12. The first kappa shape index (κ1) is 49.2. The third-order valence-corrected chi connectivity index (χ3v) is 27.4. The topological polar surface area (TPSA) is 4.93 Å². The monoisotopic (exact) mass is 1080 g/mol. The highest BCUT2D eigenvalue weighted by Crippen LogP contribution is 2.54. The van der Waals surface area contributed by atoms with Crippen LogP contribution in [0.5, 0.6) is 0 Å². The maximum Gasteiger partial charge on any atom is 0.179 e. The van der Waals surface area contributed by atoms with Crippen molar-refractivity contribution in [2.45, 2.75) is 5.41 Å². The number of aromatic nitrogens is 1. The van der Waals surface area contributed by atoms with E-state index in [1.807, 2.05) is 0 Å². The average Bonchev–Trinajstić information content (AvgIpc) is 3.23. The highest BCUT2D eigenvalue weighted by atomic mass is 28.3. The van der Waals surface area contributed by atoms with Gasteiger partial charge in [0.25, 0.3) is 0 Å². The second kappa shape index (κ2) is 20.3. The molecule has 0 aliphatic carbocycles. The summed E-state index contributed by atoms with van der Waals surface area (Å²) in [6.45, 7) is 0. The number of para-hydroxylation sites is 3. The first-order valence-electron chi connectivity index (χ1n) is 28.6. The van der Waals surface area contributed by atoms with Gasteiger partial charge in [-0.05, 0) is 98.1 Å². The van der Waals surface area contributed by atoms with Crippen molar-refractivity contribution in [3.05, 3.63) is 368 Å². The maximum absolute atomic E-state index is 2.68. The van der Waals surface area contributed by atoms with E-state index in [1.54, 1.807) is 0 Å². The molecule has 0 saturated heterocycles. The molecule has 1 aliphatic heterocycles. The Morgan fingerprint density at radius 1 is 0.220 bits per heavy atom. The lowest BCUT2D eigenvalue weighted by Crippen LogP contribution is -2.74. The molecule has 0 bridgehead atoms. The third-order valence-electron chi connectivity index (χ3n) is 17.8. The number of hydrogen-bond acceptors (Lipinski definition) is 0. The van der Waals surface area contributed by atoms with E-state index in [4.69, 9.17) is 0 Å². The minimum Gasteiger partial charge on any atom is -0.309 e. The normalized spacial score (nSPS) is 12.7. The maximum atomic E-state index is 2.52. The standard InChI is InChI=1S/C79H57NSi2/c1-7-24-64(25-8-1)81(65-26-9-2-10-27-65,66-28-11-3-12-29-66)70-54-46-60(47-55-70)58-42-50-62(51-43-58)79(74-38-20-22-41-77(74)80-76-40-21-19-36-72(76)73-37-23-39-75(79)78(73)80)63-52-44-59(45-53-63)61-48-56-71(57-49-61)82(67-30-13-4-14-31-67,68-32-15-5-16-33-68)69-34-17-6-18-35-69/h1-57H. The van der Waals surface area contributed by atoms with Gasteiger partial charge in [0.1, 0.15) is 0 Å². The van der Waals surface area contributed by atoms with Gasteiger partial charge in [0.15, 0.2) is 16.1 Å². The Bertz CT molecular complexity index is 4140. The minimum absolute atomic E-state index is 0.649. The molecule has 2 heterocycles. The van der Waals surface area contributed by atoms with E-state index in [0.29, 0.717) is 0 Å². The summed E-state index contributed by atoms with van der Waals surface area (Å²) >= 11 is 0. The van der Waals surface area contributed by atoms with E-state index in [9.17, 15) is 0 Å². The van der Waals surface area contributed by atoms with Crippen molar-refractivity contribution in [2.75, 3.05) is 0 Å². The molecule has 0 atom stereocenters. The zero-order valence-corrected chi connectivity index (χ0v) is 47.4. The van der Waals surface area contributed by atoms with Crippen molar-refractivity contribution >= 4 is 79.4 Å². The lowest BCUT2D eigenvalue weighted by molar-refractivity contribution is 0.728. The average molecular weight is 1080 g/mol. The van der Waals surface area contributed by atoms with Crippen LogP contribution in [0.4, 0.5) is 0 Å². The van der Waals surface area contributed by atoms with Crippen LogP contribution in [0.1, 0.15) is 22.3 Å². The Hall–Kier alpha value is -9.91. The van der Waals surface area contributed by atoms with E-state index in [-0.39, 0.29) is 0 Å². The van der Waals surface area contributed by atoms with E-state index in [2.05, 4.69) is 350 Å². The fourth-order valence-electron chi connectivity index (χ4n) is 14.3. The lowest BCUT2D eigenvalue weighted by Gasteiger charge is -2.42. The molecule has 0 fully saturated rings. The van der Waals surface area contributed by atoms with Gasteiger partial charge in [0, 0.05) is 10.8 Å². The lowest BCUT2D eigenvalue weighted by atomic mass is 9.63. The van der Waals surface area contributed by atoms with Crippen LogP contribution >= 0.6 is 0 Å². The summed E-state index contributed by atoms with van der Waals surface area (Å²) in [5.74, 6) is 0. The largest absolute Gasteiger partial charge is 0.309 e. The minimum atomic E-state index is -2.68.